The van der Waals surface area contributed by atoms with Crippen LogP contribution < -0.4 is 5.56 Å². The summed E-state index contributed by atoms with van der Waals surface area (Å²) in [6, 6.07) is 10.4. The van der Waals surface area contributed by atoms with Gasteiger partial charge < -0.3 is 4.98 Å². The van der Waals surface area contributed by atoms with E-state index >= 15 is 0 Å². The van der Waals surface area contributed by atoms with Gasteiger partial charge in [0.25, 0.3) is 5.56 Å². The number of hydrogen-bond acceptors (Lipinski definition) is 3. The average Bonchev–Trinajstić information content (AvgIpc) is 3.33. The van der Waals surface area contributed by atoms with Crippen molar-refractivity contribution in [3.05, 3.63) is 63.3 Å². The topological polar surface area (TPSA) is 49.0 Å². The van der Waals surface area contributed by atoms with Crippen LogP contribution in [0.1, 0.15) is 41.4 Å². The van der Waals surface area contributed by atoms with E-state index < -0.39 is 0 Å². The lowest BCUT2D eigenvalue weighted by Crippen LogP contribution is -2.35. The summed E-state index contributed by atoms with van der Waals surface area (Å²) in [5, 5.41) is 0. The summed E-state index contributed by atoms with van der Waals surface area (Å²) in [5.74, 6) is 1.42. The van der Waals surface area contributed by atoms with E-state index in [1.165, 1.54) is 18.4 Å². The van der Waals surface area contributed by atoms with Gasteiger partial charge in [0.15, 0.2) is 0 Å². The molecule has 0 spiro atoms. The average molecular weight is 281 g/mol. The van der Waals surface area contributed by atoms with Crippen LogP contribution in [0.15, 0.2) is 35.1 Å². The van der Waals surface area contributed by atoms with Crippen molar-refractivity contribution < 1.29 is 0 Å². The molecule has 0 atom stereocenters. The fourth-order valence-electron chi connectivity index (χ4n) is 3.03. The molecule has 2 heterocycles. The molecule has 0 saturated heterocycles. The summed E-state index contributed by atoms with van der Waals surface area (Å²) in [5.41, 5.74) is 3.24. The Morgan fingerprint density at radius 1 is 1.24 bits per heavy atom. The van der Waals surface area contributed by atoms with E-state index in [-0.39, 0.29) is 5.56 Å². The minimum absolute atomic E-state index is 0.0691. The Kier molecular flexibility index (Phi) is 3.11. The summed E-state index contributed by atoms with van der Waals surface area (Å²) >= 11 is 0. The van der Waals surface area contributed by atoms with Crippen molar-refractivity contribution in [1.82, 2.24) is 14.9 Å². The third-order valence-electron chi connectivity index (χ3n) is 4.38. The lowest BCUT2D eigenvalue weighted by Gasteiger charge is -2.27. The van der Waals surface area contributed by atoms with Crippen molar-refractivity contribution in [1.29, 1.82) is 0 Å². The normalized spacial score (nSPS) is 18.5. The van der Waals surface area contributed by atoms with Gasteiger partial charge in [-0.1, -0.05) is 30.3 Å². The molecule has 2 aliphatic rings. The highest BCUT2D eigenvalue weighted by atomic mass is 16.1. The molecular formula is C17H19N3O. The summed E-state index contributed by atoms with van der Waals surface area (Å²) in [6.07, 6.45) is 3.22. The molecule has 2 aromatic rings. The minimum Gasteiger partial charge on any atom is -0.310 e. The van der Waals surface area contributed by atoms with Gasteiger partial charge in [0.05, 0.1) is 11.3 Å². The second-order valence-electron chi connectivity index (χ2n) is 6.10. The molecule has 1 aliphatic carbocycles. The van der Waals surface area contributed by atoms with Gasteiger partial charge in [-0.05, 0) is 18.4 Å². The van der Waals surface area contributed by atoms with Crippen LogP contribution in [0.3, 0.4) is 0 Å². The van der Waals surface area contributed by atoms with Crippen molar-refractivity contribution in [2.75, 3.05) is 6.54 Å². The molecule has 1 fully saturated rings. The van der Waals surface area contributed by atoms with Crippen LogP contribution in [0.5, 0.6) is 0 Å². The van der Waals surface area contributed by atoms with Crippen molar-refractivity contribution >= 4 is 0 Å². The summed E-state index contributed by atoms with van der Waals surface area (Å²) in [7, 11) is 0. The van der Waals surface area contributed by atoms with E-state index in [1.807, 2.05) is 6.07 Å². The summed E-state index contributed by atoms with van der Waals surface area (Å²) < 4.78 is 0. The van der Waals surface area contributed by atoms with Crippen LogP contribution in [0, 0.1) is 0 Å². The van der Waals surface area contributed by atoms with Gasteiger partial charge in [-0.15, -0.1) is 0 Å². The van der Waals surface area contributed by atoms with Gasteiger partial charge in [0.1, 0.15) is 5.82 Å². The van der Waals surface area contributed by atoms with Crippen molar-refractivity contribution in [2.45, 2.75) is 38.3 Å². The lowest BCUT2D eigenvalue weighted by molar-refractivity contribution is 0.241. The first kappa shape index (κ1) is 12.8. The van der Waals surface area contributed by atoms with Crippen LogP contribution in [0.25, 0.3) is 0 Å². The van der Waals surface area contributed by atoms with E-state index in [2.05, 4.69) is 34.1 Å². The Labute approximate surface area is 123 Å². The number of aromatic nitrogens is 2. The molecule has 4 heteroatoms. The first-order valence-corrected chi connectivity index (χ1v) is 7.68. The fraction of sp³-hybridized carbons (Fsp3) is 0.412. The monoisotopic (exact) mass is 281 g/mol. The Morgan fingerprint density at radius 2 is 2.05 bits per heavy atom. The van der Waals surface area contributed by atoms with Crippen molar-refractivity contribution in [3.63, 3.8) is 0 Å². The largest absolute Gasteiger partial charge is 0.310 e. The standard InChI is InChI=1S/C17H19N3O/c21-17-14-11-20(10-12-4-2-1-3-5-12)9-8-15(14)18-16(19-17)13-6-7-13/h1-5,13H,6-11H2,(H,18,19,21). The molecule has 21 heavy (non-hydrogen) atoms. The molecule has 1 N–H and O–H groups in total. The zero-order chi connectivity index (χ0) is 14.2. The number of hydrogen-bond donors (Lipinski definition) is 1. The highest BCUT2D eigenvalue weighted by Crippen LogP contribution is 2.37. The Hall–Kier alpha value is -1.94. The Balaban J connectivity index is 1.56. The highest BCUT2D eigenvalue weighted by Gasteiger charge is 2.29. The van der Waals surface area contributed by atoms with Crippen LogP contribution in [0.4, 0.5) is 0 Å². The fourth-order valence-corrected chi connectivity index (χ4v) is 3.03. The predicted octanol–water partition coefficient (Wildman–Crippen LogP) is 2.21. The third kappa shape index (κ3) is 2.63. The van der Waals surface area contributed by atoms with Crippen LogP contribution >= 0.6 is 0 Å². The van der Waals surface area contributed by atoms with E-state index in [0.29, 0.717) is 12.5 Å². The number of H-pyrrole nitrogens is 1. The summed E-state index contributed by atoms with van der Waals surface area (Å²) in [6.45, 7) is 2.57. The van der Waals surface area contributed by atoms with E-state index in [9.17, 15) is 4.79 Å². The van der Waals surface area contributed by atoms with Gasteiger partial charge in [-0.25, -0.2) is 4.98 Å². The van der Waals surface area contributed by atoms with Gasteiger partial charge in [-0.3, -0.25) is 9.69 Å². The quantitative estimate of drug-likeness (QED) is 0.938. The first-order valence-electron chi connectivity index (χ1n) is 7.68. The van der Waals surface area contributed by atoms with Gasteiger partial charge in [-0.2, -0.15) is 0 Å². The van der Waals surface area contributed by atoms with Crippen LogP contribution in [-0.2, 0) is 19.5 Å². The second-order valence-corrected chi connectivity index (χ2v) is 6.10. The maximum absolute atomic E-state index is 12.3. The maximum atomic E-state index is 12.3. The number of fused-ring (bicyclic) bond motifs is 1. The number of aromatic amines is 1. The molecule has 0 unspecified atom stereocenters. The van der Waals surface area contributed by atoms with Crippen molar-refractivity contribution in [3.8, 4) is 0 Å². The Bertz CT molecular complexity index is 704. The molecule has 1 aromatic carbocycles. The van der Waals surface area contributed by atoms with Crippen molar-refractivity contribution in [2.24, 2.45) is 0 Å². The lowest BCUT2D eigenvalue weighted by atomic mass is 10.1. The smallest absolute Gasteiger partial charge is 0.255 e. The zero-order valence-corrected chi connectivity index (χ0v) is 12.0. The predicted molar refractivity (Wildman–Crippen MR) is 81.1 cm³/mol. The molecular weight excluding hydrogens is 262 g/mol. The van der Waals surface area contributed by atoms with E-state index in [0.717, 1.165) is 36.6 Å². The zero-order valence-electron chi connectivity index (χ0n) is 12.0. The third-order valence-corrected chi connectivity index (χ3v) is 4.38. The molecule has 0 amide bonds. The molecule has 1 aliphatic heterocycles. The van der Waals surface area contributed by atoms with Gasteiger partial charge in [0, 0.05) is 32.0 Å². The Morgan fingerprint density at radius 3 is 2.81 bits per heavy atom. The molecule has 108 valence electrons. The molecule has 0 bridgehead atoms. The number of nitrogens with one attached hydrogen (secondary N) is 1. The maximum Gasteiger partial charge on any atom is 0.255 e. The molecule has 1 saturated carbocycles. The second kappa shape index (κ2) is 5.11. The van der Waals surface area contributed by atoms with Gasteiger partial charge >= 0.3 is 0 Å². The molecule has 0 radical (unpaired) electrons. The first-order chi connectivity index (χ1) is 10.3. The van der Waals surface area contributed by atoms with Gasteiger partial charge in [0.2, 0.25) is 0 Å². The number of benzene rings is 1. The van der Waals surface area contributed by atoms with Crippen LogP contribution in [-0.4, -0.2) is 21.4 Å². The minimum atomic E-state index is 0.0691. The number of nitrogens with zero attached hydrogens (tertiary/aromatic N) is 2. The molecule has 4 rings (SSSR count). The van der Waals surface area contributed by atoms with E-state index in [1.54, 1.807) is 0 Å². The van der Waals surface area contributed by atoms with E-state index in [4.69, 9.17) is 4.98 Å². The highest BCUT2D eigenvalue weighted by molar-refractivity contribution is 5.23. The molecule has 4 nitrogen and oxygen atoms in total. The van der Waals surface area contributed by atoms with Crippen LogP contribution in [0.2, 0.25) is 0 Å². The summed E-state index contributed by atoms with van der Waals surface area (Å²) in [4.78, 5) is 22.3. The molecule has 1 aromatic heterocycles. The number of rotatable bonds is 3. The SMILES string of the molecule is O=c1[nH]c(C2CC2)nc2c1CN(Cc1ccccc1)CC2.